The molecular weight excluding hydrogens is 438 g/mol. The van der Waals surface area contributed by atoms with Gasteiger partial charge in [-0.2, -0.15) is 8.42 Å². The van der Waals surface area contributed by atoms with Gasteiger partial charge in [0.1, 0.15) is 0 Å². The van der Waals surface area contributed by atoms with Crippen LogP contribution in [0.3, 0.4) is 0 Å². The highest BCUT2D eigenvalue weighted by atomic mass is 32.2. The van der Waals surface area contributed by atoms with Gasteiger partial charge in [0, 0.05) is 12.5 Å². The summed E-state index contributed by atoms with van der Waals surface area (Å²) in [6.07, 6.45) is 6.43. The summed E-state index contributed by atoms with van der Waals surface area (Å²) in [5, 5.41) is 2.86. The third kappa shape index (κ3) is 6.36. The third-order valence-corrected chi connectivity index (χ3v) is 8.09. The van der Waals surface area contributed by atoms with E-state index in [1.807, 2.05) is 6.92 Å². The summed E-state index contributed by atoms with van der Waals surface area (Å²) in [5.41, 5.74) is 5.11. The second-order valence-corrected chi connectivity index (χ2v) is 10.8. The molecule has 178 valence electrons. The number of amides is 1. The molecule has 0 bridgehead atoms. The van der Waals surface area contributed by atoms with E-state index < -0.39 is 10.1 Å². The van der Waals surface area contributed by atoms with Crippen LogP contribution in [0.1, 0.15) is 60.3 Å². The Labute approximate surface area is 196 Å². The zero-order valence-electron chi connectivity index (χ0n) is 19.2. The minimum Gasteiger partial charge on any atom is -0.450 e. The van der Waals surface area contributed by atoms with E-state index in [0.29, 0.717) is 25.0 Å². The van der Waals surface area contributed by atoms with Crippen molar-refractivity contribution in [3.05, 3.63) is 64.7 Å². The Hall–Kier alpha value is -2.38. The van der Waals surface area contributed by atoms with Crippen molar-refractivity contribution < 1.29 is 22.1 Å². The Morgan fingerprint density at radius 3 is 2.73 bits per heavy atom. The van der Waals surface area contributed by atoms with Crippen LogP contribution < -0.4 is 5.32 Å². The molecule has 1 saturated heterocycles. The lowest BCUT2D eigenvalue weighted by Crippen LogP contribution is -2.31. The highest BCUT2D eigenvalue weighted by Crippen LogP contribution is 2.32. The number of hydrogen-bond acceptors (Lipinski definition) is 5. The summed E-state index contributed by atoms with van der Waals surface area (Å²) in [5.74, 6) is 0.875. The van der Waals surface area contributed by atoms with Crippen molar-refractivity contribution in [2.45, 2.75) is 62.7 Å². The van der Waals surface area contributed by atoms with Gasteiger partial charge < -0.3 is 10.1 Å². The molecule has 0 radical (unpaired) electrons. The fraction of sp³-hybridized carbons (Fsp3) is 0.500. The maximum Gasteiger partial charge on any atom is 0.407 e. The number of aryl methyl sites for hydroxylation is 2. The summed E-state index contributed by atoms with van der Waals surface area (Å²) in [6, 6.07) is 13.5. The first-order valence-electron chi connectivity index (χ1n) is 11.9. The van der Waals surface area contributed by atoms with Gasteiger partial charge in [0.15, 0.2) is 0 Å². The number of benzene rings is 2. The first kappa shape index (κ1) is 23.8. The number of nitrogens with one attached hydrogen (secondary N) is 1. The van der Waals surface area contributed by atoms with Crippen molar-refractivity contribution in [1.29, 1.82) is 0 Å². The molecule has 2 aliphatic rings. The number of cyclic esters (lactones) is 1. The average Bonchev–Trinajstić information content (AvgIpc) is 2.79. The number of ether oxygens (including phenoxy) is 1. The van der Waals surface area contributed by atoms with Crippen LogP contribution in [0.2, 0.25) is 0 Å². The van der Waals surface area contributed by atoms with E-state index in [0.717, 1.165) is 50.5 Å². The molecular formula is C26H33NO5S. The standard InChI is InChI=1S/C26H33NO5S/c1-19-6-12-25(13-7-19)33(29,30)32-15-2-4-20-8-9-22-17-23(11-10-21(22)16-20)24-5-3-14-31-26(28)27-18-24/h6-7,10-13,17,20,24H,2-5,8-9,14-16,18H2,1H3,(H,27,28)/t20-,24-/m0/s1. The number of fused-ring (bicyclic) bond motifs is 1. The first-order chi connectivity index (χ1) is 15.9. The molecule has 0 saturated carbocycles. The number of carbonyl (C=O) groups is 1. The molecule has 1 amide bonds. The predicted octanol–water partition coefficient (Wildman–Crippen LogP) is 4.89. The van der Waals surface area contributed by atoms with E-state index >= 15 is 0 Å². The van der Waals surface area contributed by atoms with E-state index in [-0.39, 0.29) is 17.6 Å². The number of hydrogen-bond donors (Lipinski definition) is 1. The molecule has 0 aromatic heterocycles. The summed E-state index contributed by atoms with van der Waals surface area (Å²) >= 11 is 0. The number of rotatable bonds is 7. The molecule has 1 fully saturated rings. The van der Waals surface area contributed by atoms with Crippen molar-refractivity contribution in [3.63, 3.8) is 0 Å². The molecule has 4 rings (SSSR count). The lowest BCUT2D eigenvalue weighted by Gasteiger charge is -2.27. The minimum absolute atomic E-state index is 0.215. The van der Waals surface area contributed by atoms with Crippen LogP contribution in [0.5, 0.6) is 0 Å². The molecule has 1 N–H and O–H groups in total. The van der Waals surface area contributed by atoms with Crippen molar-refractivity contribution in [2.24, 2.45) is 5.92 Å². The summed E-state index contributed by atoms with van der Waals surface area (Å²) in [7, 11) is -3.69. The van der Waals surface area contributed by atoms with Gasteiger partial charge in [-0.15, -0.1) is 0 Å². The van der Waals surface area contributed by atoms with Gasteiger partial charge in [0.2, 0.25) is 0 Å². The SMILES string of the molecule is Cc1ccc(S(=O)(=O)OCCC[C@H]2CCc3cc([C@H]4CCCOC(=O)NC4)ccc3C2)cc1. The van der Waals surface area contributed by atoms with E-state index in [9.17, 15) is 13.2 Å². The molecule has 1 aliphatic heterocycles. The maximum atomic E-state index is 12.3. The molecule has 2 aromatic rings. The second-order valence-electron chi connectivity index (χ2n) is 9.22. The van der Waals surface area contributed by atoms with Gasteiger partial charge in [-0.1, -0.05) is 35.9 Å². The van der Waals surface area contributed by atoms with Gasteiger partial charge in [0.05, 0.1) is 18.1 Å². The van der Waals surface area contributed by atoms with E-state index in [4.69, 9.17) is 8.92 Å². The lowest BCUT2D eigenvalue weighted by atomic mass is 9.80. The molecule has 1 aliphatic carbocycles. The number of carbonyl (C=O) groups excluding carboxylic acids is 1. The zero-order chi connectivity index (χ0) is 23.3. The smallest absolute Gasteiger partial charge is 0.407 e. The summed E-state index contributed by atoms with van der Waals surface area (Å²) < 4.78 is 35.0. The zero-order valence-corrected chi connectivity index (χ0v) is 20.0. The highest BCUT2D eigenvalue weighted by Gasteiger charge is 2.22. The Balaban J connectivity index is 1.27. The molecule has 0 unspecified atom stereocenters. The molecule has 0 spiro atoms. The lowest BCUT2D eigenvalue weighted by molar-refractivity contribution is 0.136. The van der Waals surface area contributed by atoms with E-state index in [2.05, 4.69) is 23.5 Å². The number of alkyl carbamates (subject to hydrolysis) is 1. The van der Waals surface area contributed by atoms with Crippen molar-refractivity contribution in [2.75, 3.05) is 19.8 Å². The van der Waals surface area contributed by atoms with Crippen molar-refractivity contribution in [1.82, 2.24) is 5.32 Å². The third-order valence-electron chi connectivity index (χ3n) is 6.76. The summed E-state index contributed by atoms with van der Waals surface area (Å²) in [4.78, 5) is 11.8. The topological polar surface area (TPSA) is 81.7 Å². The quantitative estimate of drug-likeness (QED) is 0.459. The van der Waals surface area contributed by atoms with Gasteiger partial charge in [-0.05, 0) is 86.6 Å². The molecule has 2 aromatic carbocycles. The fourth-order valence-corrected chi connectivity index (χ4v) is 5.75. The van der Waals surface area contributed by atoms with Gasteiger partial charge in [-0.25, -0.2) is 4.79 Å². The molecule has 7 heteroatoms. The first-order valence-corrected chi connectivity index (χ1v) is 13.3. The van der Waals surface area contributed by atoms with Crippen LogP contribution in [0.25, 0.3) is 0 Å². The van der Waals surface area contributed by atoms with Gasteiger partial charge in [-0.3, -0.25) is 4.18 Å². The Kier molecular flexibility index (Phi) is 7.71. The van der Waals surface area contributed by atoms with Crippen LogP contribution in [-0.2, 0) is 31.9 Å². The predicted molar refractivity (Wildman–Crippen MR) is 127 cm³/mol. The highest BCUT2D eigenvalue weighted by molar-refractivity contribution is 7.86. The molecule has 1 heterocycles. The monoisotopic (exact) mass is 471 g/mol. The normalized spacial score (nSPS) is 21.3. The molecule has 6 nitrogen and oxygen atoms in total. The Bertz CT molecular complexity index is 1060. The van der Waals surface area contributed by atoms with Crippen LogP contribution >= 0.6 is 0 Å². The Morgan fingerprint density at radius 2 is 1.91 bits per heavy atom. The van der Waals surface area contributed by atoms with Crippen molar-refractivity contribution >= 4 is 16.2 Å². The van der Waals surface area contributed by atoms with Gasteiger partial charge >= 0.3 is 6.09 Å². The molecule has 33 heavy (non-hydrogen) atoms. The van der Waals surface area contributed by atoms with Crippen LogP contribution in [0.15, 0.2) is 47.4 Å². The average molecular weight is 472 g/mol. The van der Waals surface area contributed by atoms with Crippen LogP contribution in [-0.4, -0.2) is 34.3 Å². The second kappa shape index (κ2) is 10.7. The van der Waals surface area contributed by atoms with E-state index in [1.165, 1.54) is 16.7 Å². The Morgan fingerprint density at radius 1 is 1.09 bits per heavy atom. The fourth-order valence-electron chi connectivity index (χ4n) is 4.80. The summed E-state index contributed by atoms with van der Waals surface area (Å²) in [6.45, 7) is 3.24. The van der Waals surface area contributed by atoms with Crippen molar-refractivity contribution in [3.8, 4) is 0 Å². The largest absolute Gasteiger partial charge is 0.450 e. The van der Waals surface area contributed by atoms with Crippen LogP contribution in [0.4, 0.5) is 4.79 Å². The minimum atomic E-state index is -3.69. The molecule has 2 atom stereocenters. The van der Waals surface area contributed by atoms with Gasteiger partial charge in [0.25, 0.3) is 10.1 Å². The maximum absolute atomic E-state index is 12.3. The van der Waals surface area contributed by atoms with Crippen LogP contribution in [0, 0.1) is 12.8 Å². The van der Waals surface area contributed by atoms with E-state index in [1.54, 1.807) is 24.3 Å².